The number of carbonyl (C=O) groups is 2. The predicted octanol–water partition coefficient (Wildman–Crippen LogP) is 14.7. The van der Waals surface area contributed by atoms with Gasteiger partial charge < -0.3 is 18.9 Å². The second-order valence-corrected chi connectivity index (χ2v) is 18.5. The van der Waals surface area contributed by atoms with Crippen LogP contribution in [0.15, 0.2) is 109 Å². The van der Waals surface area contributed by atoms with Gasteiger partial charge in [0, 0.05) is 12.8 Å². The summed E-state index contributed by atoms with van der Waals surface area (Å²) in [7, 11) is 1.43. The number of carbonyl (C=O) groups excluding carboxylic acids is 2. The van der Waals surface area contributed by atoms with Gasteiger partial charge in [-0.1, -0.05) is 168 Å². The van der Waals surface area contributed by atoms with Crippen LogP contribution in [0.4, 0.5) is 0 Å². The summed E-state index contributed by atoms with van der Waals surface area (Å²) < 4.78 is 34.4. The van der Waals surface area contributed by atoms with Gasteiger partial charge >= 0.3 is 19.8 Å². The summed E-state index contributed by atoms with van der Waals surface area (Å²) in [5.74, 6) is -0.849. The highest BCUT2D eigenvalue weighted by molar-refractivity contribution is 7.47. The van der Waals surface area contributed by atoms with Crippen LogP contribution in [0.1, 0.15) is 168 Å². The van der Waals surface area contributed by atoms with Crippen LogP contribution in [0.5, 0.6) is 0 Å². The van der Waals surface area contributed by atoms with Gasteiger partial charge in [0.25, 0.3) is 0 Å². The Hall–Kier alpha value is -3.33. The molecule has 0 aromatic rings. The molecule has 9 nitrogen and oxygen atoms in total. The fourth-order valence-corrected chi connectivity index (χ4v) is 6.77. The molecule has 0 aliphatic rings. The van der Waals surface area contributed by atoms with Gasteiger partial charge in [0.2, 0.25) is 0 Å². The van der Waals surface area contributed by atoms with Gasteiger partial charge in [0.05, 0.1) is 27.7 Å². The van der Waals surface area contributed by atoms with Gasteiger partial charge in [0.15, 0.2) is 6.10 Å². The van der Waals surface area contributed by atoms with Gasteiger partial charge in [0.1, 0.15) is 19.8 Å². The summed E-state index contributed by atoms with van der Waals surface area (Å²) in [4.78, 5) is 35.5. The standard InChI is InChI=1S/C54H90NO8P/c1-6-8-10-12-14-16-18-20-22-24-25-26-27-28-29-31-33-35-37-39-41-43-45-47-54(57)63-52(51-62-64(58,59)61-49-48-55(3,4)5)50-60-53(56)46-44-42-40-38-36-34-32-30-23-21-19-17-15-13-11-9-7-2/h8-11,14-17,20-23,25-26,28-29,33,35,52H,6-7,12-13,18-19,24,27,30-32,34,36-51H2,1-5H3/p+1/b10-8-,11-9-,16-14-,17-15-,22-20-,23-21-,26-25-,29-28-,35-33-. The fraction of sp³-hybridized carbons (Fsp3) is 0.630. The Morgan fingerprint density at radius 1 is 0.484 bits per heavy atom. The zero-order chi connectivity index (χ0) is 47.1. The van der Waals surface area contributed by atoms with Crippen molar-refractivity contribution in [3.05, 3.63) is 109 Å². The van der Waals surface area contributed by atoms with Crippen molar-refractivity contribution in [3.63, 3.8) is 0 Å². The molecule has 0 spiro atoms. The normalized spacial score (nSPS) is 14.4. The van der Waals surface area contributed by atoms with E-state index in [9.17, 15) is 19.0 Å². The van der Waals surface area contributed by atoms with Crippen molar-refractivity contribution in [2.75, 3.05) is 47.5 Å². The molecule has 2 unspecified atom stereocenters. The molecule has 364 valence electrons. The highest BCUT2D eigenvalue weighted by Gasteiger charge is 2.27. The van der Waals surface area contributed by atoms with E-state index in [1.807, 2.05) is 21.1 Å². The van der Waals surface area contributed by atoms with Crippen molar-refractivity contribution < 1.29 is 42.1 Å². The third-order valence-corrected chi connectivity index (χ3v) is 10.8. The number of ether oxygens (including phenoxy) is 2. The van der Waals surface area contributed by atoms with Gasteiger partial charge in [-0.3, -0.25) is 18.6 Å². The molecular formula is C54H91NO8P+. The molecular weight excluding hydrogens is 822 g/mol. The maximum absolute atomic E-state index is 12.7. The number of rotatable bonds is 43. The van der Waals surface area contributed by atoms with Crippen LogP contribution < -0.4 is 0 Å². The topological polar surface area (TPSA) is 108 Å². The number of likely N-dealkylation sites (N-methyl/N-ethyl adjacent to an activating group) is 1. The van der Waals surface area contributed by atoms with Crippen molar-refractivity contribution in [3.8, 4) is 0 Å². The molecule has 0 saturated carbocycles. The van der Waals surface area contributed by atoms with Gasteiger partial charge in [-0.2, -0.15) is 0 Å². The lowest BCUT2D eigenvalue weighted by Gasteiger charge is -2.24. The molecule has 10 heteroatoms. The molecule has 0 bridgehead atoms. The van der Waals surface area contributed by atoms with E-state index >= 15 is 0 Å². The molecule has 0 saturated heterocycles. The second kappa shape index (κ2) is 44.9. The maximum atomic E-state index is 12.7. The monoisotopic (exact) mass is 913 g/mol. The molecule has 0 aromatic heterocycles. The van der Waals surface area contributed by atoms with Crippen LogP contribution in [0, 0.1) is 0 Å². The van der Waals surface area contributed by atoms with Crippen molar-refractivity contribution in [2.24, 2.45) is 0 Å². The molecule has 0 rings (SSSR count). The number of esters is 2. The maximum Gasteiger partial charge on any atom is 0.472 e. The van der Waals surface area contributed by atoms with Gasteiger partial charge in [-0.25, -0.2) is 4.57 Å². The quantitative estimate of drug-likeness (QED) is 0.0212. The Morgan fingerprint density at radius 3 is 1.25 bits per heavy atom. The smallest absolute Gasteiger partial charge is 0.462 e. The molecule has 0 amide bonds. The third kappa shape index (κ3) is 48.1. The molecule has 1 N–H and O–H groups in total. The second-order valence-electron chi connectivity index (χ2n) is 17.1. The SMILES string of the molecule is CC/C=C\C/C=C\C/C=C\C/C=C\C/C=C\C/C=C\CCCCCCC(=O)OC(COC(=O)CCCCCCCCC/C=C\C/C=C\C/C=C\CC)COP(=O)(O)OCC[N+](C)(C)C. The first kappa shape index (κ1) is 60.7. The number of phosphoric ester groups is 1. The number of nitrogens with zero attached hydrogens (tertiary/aromatic N) is 1. The van der Waals surface area contributed by atoms with Crippen molar-refractivity contribution >= 4 is 19.8 Å². The molecule has 0 fully saturated rings. The highest BCUT2D eigenvalue weighted by atomic mass is 31.2. The summed E-state index contributed by atoms with van der Waals surface area (Å²) >= 11 is 0. The summed E-state index contributed by atoms with van der Waals surface area (Å²) in [6.07, 6.45) is 61.4. The Morgan fingerprint density at radius 2 is 0.844 bits per heavy atom. The number of unbranched alkanes of at least 4 members (excludes halogenated alkanes) is 11. The van der Waals surface area contributed by atoms with E-state index in [1.54, 1.807) is 0 Å². The highest BCUT2D eigenvalue weighted by Crippen LogP contribution is 2.43. The van der Waals surface area contributed by atoms with Crippen LogP contribution in [0.25, 0.3) is 0 Å². The lowest BCUT2D eigenvalue weighted by Crippen LogP contribution is -2.37. The van der Waals surface area contributed by atoms with E-state index in [1.165, 1.54) is 19.3 Å². The number of hydrogen-bond acceptors (Lipinski definition) is 7. The average molecular weight is 913 g/mol. The first-order chi connectivity index (χ1) is 31.0. The Labute approximate surface area is 391 Å². The Kier molecular flexibility index (Phi) is 42.5. The summed E-state index contributed by atoms with van der Waals surface area (Å²) in [6.45, 7) is 4.14. The number of hydrogen-bond donors (Lipinski definition) is 1. The van der Waals surface area contributed by atoms with Crippen LogP contribution in [-0.2, 0) is 32.7 Å². The average Bonchev–Trinajstić information content (AvgIpc) is 3.25. The van der Waals surface area contributed by atoms with Crippen LogP contribution in [0.2, 0.25) is 0 Å². The van der Waals surface area contributed by atoms with E-state index in [-0.39, 0.29) is 26.1 Å². The van der Waals surface area contributed by atoms with Crippen LogP contribution >= 0.6 is 7.82 Å². The minimum Gasteiger partial charge on any atom is -0.462 e. The van der Waals surface area contributed by atoms with Crippen LogP contribution in [-0.4, -0.2) is 74.9 Å². The summed E-state index contributed by atoms with van der Waals surface area (Å²) in [5, 5.41) is 0. The molecule has 0 aliphatic carbocycles. The summed E-state index contributed by atoms with van der Waals surface area (Å²) in [5.41, 5.74) is 0. The molecule has 64 heavy (non-hydrogen) atoms. The molecule has 0 radical (unpaired) electrons. The van der Waals surface area contributed by atoms with Crippen molar-refractivity contribution in [1.82, 2.24) is 0 Å². The fourth-order valence-electron chi connectivity index (χ4n) is 6.03. The molecule has 0 heterocycles. The Bertz CT molecular complexity index is 1450. The van der Waals surface area contributed by atoms with Crippen LogP contribution in [0.3, 0.4) is 0 Å². The summed E-state index contributed by atoms with van der Waals surface area (Å²) in [6, 6.07) is 0. The molecule has 0 aliphatic heterocycles. The minimum absolute atomic E-state index is 0.0178. The lowest BCUT2D eigenvalue weighted by atomic mass is 10.1. The largest absolute Gasteiger partial charge is 0.472 e. The van der Waals surface area contributed by atoms with E-state index in [0.717, 1.165) is 116 Å². The first-order valence-corrected chi connectivity index (χ1v) is 26.1. The van der Waals surface area contributed by atoms with E-state index in [4.69, 9.17) is 18.5 Å². The van der Waals surface area contributed by atoms with Crippen molar-refractivity contribution in [1.29, 1.82) is 0 Å². The minimum atomic E-state index is -4.40. The molecule has 2 atom stereocenters. The zero-order valence-corrected chi connectivity index (χ0v) is 41.9. The van der Waals surface area contributed by atoms with Gasteiger partial charge in [-0.15, -0.1) is 0 Å². The number of quaternary nitrogens is 1. The van der Waals surface area contributed by atoms with Crippen molar-refractivity contribution in [2.45, 2.75) is 174 Å². The first-order valence-electron chi connectivity index (χ1n) is 24.6. The third-order valence-electron chi connectivity index (χ3n) is 9.80. The zero-order valence-electron chi connectivity index (χ0n) is 41.0. The Balaban J connectivity index is 4.39. The van der Waals surface area contributed by atoms with Gasteiger partial charge in [-0.05, 0) is 96.3 Å². The van der Waals surface area contributed by atoms with E-state index < -0.39 is 32.5 Å². The van der Waals surface area contributed by atoms with E-state index in [2.05, 4.69) is 123 Å². The molecule has 0 aromatic carbocycles. The lowest BCUT2D eigenvalue weighted by molar-refractivity contribution is -0.870. The number of allylic oxidation sites excluding steroid dienone is 18. The predicted molar refractivity (Wildman–Crippen MR) is 270 cm³/mol. The number of phosphoric acid groups is 1. The van der Waals surface area contributed by atoms with E-state index in [0.29, 0.717) is 17.4 Å².